The fraction of sp³-hybridized carbons (Fsp3) is 0.333. The smallest absolute Gasteiger partial charge is 0.407 e. The molecule has 0 fully saturated rings. The van der Waals surface area contributed by atoms with Crippen LogP contribution in [-0.2, 0) is 28.9 Å². The van der Waals surface area contributed by atoms with Gasteiger partial charge in [0.1, 0.15) is 6.04 Å². The molecule has 1 heterocycles. The predicted octanol–water partition coefficient (Wildman–Crippen LogP) is 3.12. The first kappa shape index (κ1) is 20.2. The molecule has 0 spiro atoms. The molecule has 7 heteroatoms. The molecule has 1 aliphatic rings. The van der Waals surface area contributed by atoms with Crippen LogP contribution in [0, 0.1) is 0 Å². The van der Waals surface area contributed by atoms with E-state index in [9.17, 15) is 14.7 Å². The molecular weight excluding hydrogens is 380 g/mol. The van der Waals surface area contributed by atoms with Crippen LogP contribution in [-0.4, -0.2) is 47.8 Å². The van der Waals surface area contributed by atoms with E-state index in [1.807, 2.05) is 36.4 Å². The third-order valence-corrected chi connectivity index (χ3v) is 5.29. The summed E-state index contributed by atoms with van der Waals surface area (Å²) in [7, 11) is 1.35. The Morgan fingerprint density at radius 1 is 1.21 bits per heavy atom. The molecule has 0 saturated carbocycles. The lowest BCUT2D eigenvalue weighted by molar-refractivity contribution is -0.143. The van der Waals surface area contributed by atoms with E-state index in [4.69, 9.17) is 16.3 Å². The average molecular weight is 403 g/mol. The molecule has 2 N–H and O–H groups in total. The van der Waals surface area contributed by atoms with Crippen LogP contribution in [0.25, 0.3) is 0 Å². The molecule has 0 radical (unpaired) electrons. The highest BCUT2D eigenvalue weighted by molar-refractivity contribution is 6.30. The minimum atomic E-state index is -0.964. The zero-order chi connectivity index (χ0) is 20.1. The summed E-state index contributed by atoms with van der Waals surface area (Å²) in [6.45, 7) is 0.700. The molecule has 2 aromatic rings. The summed E-state index contributed by atoms with van der Waals surface area (Å²) < 4.78 is 4.92. The standard InChI is InChI=1S/C21H23ClN2O4/c1-28-20(25)19(10-14-6-8-17(22)9-7-14)23-12-18-11-15-4-2-3-5-16(15)13-24(18)21(26)27/h2-9,18-19,23H,10-13H2,1H3,(H,26,27). The number of hydrogen-bond acceptors (Lipinski definition) is 4. The summed E-state index contributed by atoms with van der Waals surface area (Å²) >= 11 is 5.92. The van der Waals surface area contributed by atoms with Gasteiger partial charge < -0.3 is 15.2 Å². The van der Waals surface area contributed by atoms with Crippen LogP contribution in [0.3, 0.4) is 0 Å². The van der Waals surface area contributed by atoms with Gasteiger partial charge in [-0.3, -0.25) is 9.69 Å². The summed E-state index contributed by atoms with van der Waals surface area (Å²) in [5.41, 5.74) is 3.10. The Kier molecular flexibility index (Phi) is 6.54. The molecule has 148 valence electrons. The van der Waals surface area contributed by atoms with Crippen LogP contribution in [0.5, 0.6) is 0 Å². The molecule has 0 aromatic heterocycles. The lowest BCUT2D eigenvalue weighted by atomic mass is 9.94. The minimum absolute atomic E-state index is 0.259. The highest BCUT2D eigenvalue weighted by atomic mass is 35.5. The van der Waals surface area contributed by atoms with Gasteiger partial charge >= 0.3 is 12.1 Å². The number of ether oxygens (including phenoxy) is 1. The van der Waals surface area contributed by atoms with E-state index in [0.29, 0.717) is 31.0 Å². The SMILES string of the molecule is COC(=O)C(Cc1ccc(Cl)cc1)NCC1Cc2ccccc2CN1C(=O)O. The van der Waals surface area contributed by atoms with E-state index in [2.05, 4.69) is 5.32 Å². The van der Waals surface area contributed by atoms with Crippen LogP contribution in [0.15, 0.2) is 48.5 Å². The number of nitrogens with one attached hydrogen (secondary N) is 1. The van der Waals surface area contributed by atoms with Crippen LogP contribution in [0.1, 0.15) is 16.7 Å². The van der Waals surface area contributed by atoms with Crippen molar-refractivity contribution in [3.63, 3.8) is 0 Å². The summed E-state index contributed by atoms with van der Waals surface area (Å²) in [5.74, 6) is -0.381. The van der Waals surface area contributed by atoms with Crippen molar-refractivity contribution in [2.45, 2.75) is 31.5 Å². The van der Waals surface area contributed by atoms with Crippen molar-refractivity contribution in [2.24, 2.45) is 0 Å². The number of methoxy groups -OCH3 is 1. The molecule has 0 bridgehead atoms. The number of carbonyl (C=O) groups excluding carboxylic acids is 1. The molecule has 0 aliphatic carbocycles. The van der Waals surface area contributed by atoms with Gasteiger partial charge in [0.2, 0.25) is 0 Å². The number of amides is 1. The Balaban J connectivity index is 1.71. The van der Waals surface area contributed by atoms with Crippen molar-refractivity contribution in [3.8, 4) is 0 Å². The van der Waals surface area contributed by atoms with Crippen molar-refractivity contribution >= 4 is 23.7 Å². The molecule has 2 aromatic carbocycles. The van der Waals surface area contributed by atoms with Crippen LogP contribution in [0.2, 0.25) is 5.02 Å². The van der Waals surface area contributed by atoms with Gasteiger partial charge in [-0.25, -0.2) is 4.79 Å². The predicted molar refractivity (Wildman–Crippen MR) is 106 cm³/mol. The monoisotopic (exact) mass is 402 g/mol. The quantitative estimate of drug-likeness (QED) is 0.726. The van der Waals surface area contributed by atoms with E-state index in [0.717, 1.165) is 16.7 Å². The van der Waals surface area contributed by atoms with Gasteiger partial charge in [0, 0.05) is 18.1 Å². The van der Waals surface area contributed by atoms with Gasteiger partial charge in [-0.05, 0) is 41.7 Å². The van der Waals surface area contributed by atoms with Crippen molar-refractivity contribution < 1.29 is 19.4 Å². The molecule has 0 saturated heterocycles. The minimum Gasteiger partial charge on any atom is -0.468 e. The van der Waals surface area contributed by atoms with E-state index < -0.39 is 12.1 Å². The molecule has 28 heavy (non-hydrogen) atoms. The number of halogens is 1. The van der Waals surface area contributed by atoms with Gasteiger partial charge in [0.25, 0.3) is 0 Å². The second-order valence-corrected chi connectivity index (χ2v) is 7.29. The topological polar surface area (TPSA) is 78.9 Å². The maximum absolute atomic E-state index is 12.2. The fourth-order valence-electron chi connectivity index (χ4n) is 3.51. The third kappa shape index (κ3) is 4.82. The average Bonchev–Trinajstić information content (AvgIpc) is 2.71. The van der Waals surface area contributed by atoms with E-state index in [-0.39, 0.29) is 12.0 Å². The van der Waals surface area contributed by atoms with E-state index in [1.54, 1.807) is 12.1 Å². The van der Waals surface area contributed by atoms with E-state index >= 15 is 0 Å². The number of rotatable bonds is 6. The summed E-state index contributed by atoms with van der Waals surface area (Å²) in [6, 6.07) is 14.3. The third-order valence-electron chi connectivity index (χ3n) is 5.04. The van der Waals surface area contributed by atoms with Crippen molar-refractivity contribution in [3.05, 3.63) is 70.2 Å². The number of fused-ring (bicyclic) bond motifs is 1. The molecule has 3 rings (SSSR count). The van der Waals surface area contributed by atoms with Crippen LogP contribution >= 0.6 is 11.6 Å². The normalized spacial score (nSPS) is 16.9. The van der Waals surface area contributed by atoms with Gasteiger partial charge in [0.05, 0.1) is 13.2 Å². The molecule has 6 nitrogen and oxygen atoms in total. The molecule has 1 aliphatic heterocycles. The van der Waals surface area contributed by atoms with Crippen molar-refractivity contribution in [2.75, 3.05) is 13.7 Å². The van der Waals surface area contributed by atoms with Gasteiger partial charge in [-0.15, -0.1) is 0 Å². The summed E-state index contributed by atoms with van der Waals surface area (Å²) in [6.07, 6.45) is 0.0680. The first-order valence-electron chi connectivity index (χ1n) is 9.10. The Morgan fingerprint density at radius 2 is 1.89 bits per heavy atom. The number of esters is 1. The van der Waals surface area contributed by atoms with Gasteiger partial charge in [-0.1, -0.05) is 48.0 Å². The Morgan fingerprint density at radius 3 is 2.54 bits per heavy atom. The van der Waals surface area contributed by atoms with Gasteiger partial charge in [-0.2, -0.15) is 0 Å². The number of carboxylic acid groups (broad SMARTS) is 1. The maximum Gasteiger partial charge on any atom is 0.407 e. The fourth-order valence-corrected chi connectivity index (χ4v) is 3.64. The first-order valence-corrected chi connectivity index (χ1v) is 9.47. The van der Waals surface area contributed by atoms with E-state index in [1.165, 1.54) is 12.0 Å². The second kappa shape index (κ2) is 9.08. The lowest BCUT2D eigenvalue weighted by Gasteiger charge is -2.35. The highest BCUT2D eigenvalue weighted by Crippen LogP contribution is 2.23. The number of nitrogens with zero attached hydrogens (tertiary/aromatic N) is 1. The zero-order valence-corrected chi connectivity index (χ0v) is 16.4. The first-order chi connectivity index (χ1) is 13.5. The number of carbonyl (C=O) groups is 2. The van der Waals surface area contributed by atoms with Crippen molar-refractivity contribution in [1.29, 1.82) is 0 Å². The molecular formula is C21H23ClN2O4. The molecule has 1 amide bonds. The van der Waals surface area contributed by atoms with Gasteiger partial charge in [0.15, 0.2) is 0 Å². The number of benzene rings is 2. The van der Waals surface area contributed by atoms with Crippen LogP contribution in [0.4, 0.5) is 4.79 Å². The summed E-state index contributed by atoms with van der Waals surface area (Å²) in [5, 5.41) is 13.4. The van der Waals surface area contributed by atoms with Crippen LogP contribution < -0.4 is 5.32 Å². The lowest BCUT2D eigenvalue weighted by Crippen LogP contribution is -2.52. The Labute approximate surface area is 169 Å². The second-order valence-electron chi connectivity index (χ2n) is 6.85. The molecule has 2 unspecified atom stereocenters. The number of hydrogen-bond donors (Lipinski definition) is 2. The summed E-state index contributed by atoms with van der Waals surface area (Å²) in [4.78, 5) is 25.4. The maximum atomic E-state index is 12.2. The highest BCUT2D eigenvalue weighted by Gasteiger charge is 2.30. The Bertz CT molecular complexity index is 841. The largest absolute Gasteiger partial charge is 0.468 e. The molecule has 2 atom stereocenters. The van der Waals surface area contributed by atoms with Crippen molar-refractivity contribution in [1.82, 2.24) is 10.2 Å². The Hall–Kier alpha value is -2.57. The zero-order valence-electron chi connectivity index (χ0n) is 15.6.